The Morgan fingerprint density at radius 1 is 1.22 bits per heavy atom. The van der Waals surface area contributed by atoms with Crippen molar-refractivity contribution in [3.05, 3.63) is 23.8 Å². The van der Waals surface area contributed by atoms with E-state index in [1.54, 1.807) is 32.9 Å². The Bertz CT molecular complexity index is 910. The fraction of sp³-hybridized carbons (Fsp3) is 0.731. The molecule has 0 aromatic heterocycles. The van der Waals surface area contributed by atoms with E-state index in [1.165, 1.54) is 0 Å². The molecule has 6 nitrogen and oxygen atoms in total. The molecule has 4 aliphatic carbocycles. The number of carbonyl (C=O) groups is 3. The second-order valence-corrected chi connectivity index (χ2v) is 11.9. The molecule has 4 rings (SSSR count). The van der Waals surface area contributed by atoms with Gasteiger partial charge in [-0.2, -0.15) is 0 Å². The summed E-state index contributed by atoms with van der Waals surface area (Å²) in [6.45, 7) is 8.73. The number of hydrogen-bond donors (Lipinski definition) is 2. The van der Waals surface area contributed by atoms with Gasteiger partial charge in [0.2, 0.25) is 5.78 Å². The van der Waals surface area contributed by atoms with Crippen molar-refractivity contribution < 1.29 is 29.3 Å². The highest BCUT2D eigenvalue weighted by Crippen LogP contribution is 2.67. The Labute approximate surface area is 190 Å². The molecule has 176 valence electrons. The van der Waals surface area contributed by atoms with Crippen LogP contribution in [0.1, 0.15) is 66.7 Å². The average molecular weight is 445 g/mol. The summed E-state index contributed by atoms with van der Waals surface area (Å²) in [7, 11) is 0. The first-order valence-electron chi connectivity index (χ1n) is 11.8. The van der Waals surface area contributed by atoms with E-state index in [4.69, 9.17) is 4.74 Å². The van der Waals surface area contributed by atoms with Crippen LogP contribution in [-0.2, 0) is 19.1 Å². The zero-order chi connectivity index (χ0) is 23.7. The van der Waals surface area contributed by atoms with Gasteiger partial charge in [0.25, 0.3) is 0 Å². The summed E-state index contributed by atoms with van der Waals surface area (Å²) >= 11 is 0. The molecule has 0 radical (unpaired) electrons. The molecule has 0 bridgehead atoms. The number of rotatable bonds is 3. The van der Waals surface area contributed by atoms with Crippen LogP contribution in [0.25, 0.3) is 0 Å². The predicted molar refractivity (Wildman–Crippen MR) is 118 cm³/mol. The van der Waals surface area contributed by atoms with E-state index in [0.717, 1.165) is 18.4 Å². The Hall–Kier alpha value is -1.79. The Morgan fingerprint density at radius 3 is 2.56 bits per heavy atom. The van der Waals surface area contributed by atoms with Crippen LogP contribution >= 0.6 is 0 Å². The number of aliphatic hydroxyl groups excluding tert-OH is 1. The SMILES string of the molecule is CC(C)(C)C(=O)OCC(=O)[C@@]1(O)CC[C@@H]2[C@@H]3CCC4=CC(=O)C=C[C@]4(C)[C@@H]3[C@H](O)C[C@@]21C. The Balaban J connectivity index is 1.60. The monoisotopic (exact) mass is 444 g/mol. The number of carbonyl (C=O) groups excluding carboxylic acids is 3. The molecule has 0 spiro atoms. The lowest BCUT2D eigenvalue weighted by atomic mass is 9.46. The molecule has 0 unspecified atom stereocenters. The number of ketones is 2. The molecular weight excluding hydrogens is 408 g/mol. The van der Waals surface area contributed by atoms with Crippen LogP contribution in [0, 0.1) is 34.0 Å². The van der Waals surface area contributed by atoms with Crippen molar-refractivity contribution in [1.29, 1.82) is 0 Å². The number of allylic oxidation sites excluding steroid dienone is 4. The van der Waals surface area contributed by atoms with Gasteiger partial charge in [0.1, 0.15) is 5.60 Å². The highest BCUT2D eigenvalue weighted by molar-refractivity contribution is 6.01. The fourth-order valence-electron chi connectivity index (χ4n) is 7.26. The van der Waals surface area contributed by atoms with Gasteiger partial charge in [0.15, 0.2) is 12.4 Å². The third kappa shape index (κ3) is 3.25. The number of aliphatic hydroxyl groups is 2. The molecule has 0 heterocycles. The molecule has 3 fully saturated rings. The summed E-state index contributed by atoms with van der Waals surface area (Å²) in [5.41, 5.74) is -2.45. The largest absolute Gasteiger partial charge is 0.457 e. The summed E-state index contributed by atoms with van der Waals surface area (Å²) in [5.74, 6) is -0.791. The van der Waals surface area contributed by atoms with E-state index in [9.17, 15) is 24.6 Å². The van der Waals surface area contributed by atoms with Gasteiger partial charge in [-0.15, -0.1) is 0 Å². The first-order valence-corrected chi connectivity index (χ1v) is 11.8. The van der Waals surface area contributed by atoms with Crippen molar-refractivity contribution >= 4 is 17.5 Å². The summed E-state index contributed by atoms with van der Waals surface area (Å²) in [6, 6.07) is 0. The predicted octanol–water partition coefficient (Wildman–Crippen LogP) is 3.15. The van der Waals surface area contributed by atoms with Crippen molar-refractivity contribution in [1.82, 2.24) is 0 Å². The Kier molecular flexibility index (Phi) is 5.37. The lowest BCUT2D eigenvalue weighted by Gasteiger charge is -2.59. The zero-order valence-corrected chi connectivity index (χ0v) is 19.8. The normalized spacial score (nSPS) is 43.1. The standard InChI is InChI=1S/C26H36O6/c1-23(2,3)22(30)32-14-20(29)26(31)11-9-18-17-7-6-15-12-16(27)8-10-24(15,4)21(17)19(28)13-25(18,26)5/h8,10,12,17-19,21,28,31H,6-7,9,11,13-14H2,1-5H3/t17-,18+,19+,21-,24-,25-,26-/m0/s1. The topological polar surface area (TPSA) is 101 Å². The van der Waals surface area contributed by atoms with Gasteiger partial charge in [-0.25, -0.2) is 0 Å². The maximum Gasteiger partial charge on any atom is 0.311 e. The summed E-state index contributed by atoms with van der Waals surface area (Å²) in [6.07, 6.45) is 7.48. The number of fused-ring (bicyclic) bond motifs is 5. The molecule has 7 atom stereocenters. The van der Waals surface area contributed by atoms with Crippen molar-refractivity contribution in [2.75, 3.05) is 6.61 Å². The van der Waals surface area contributed by atoms with E-state index in [2.05, 4.69) is 6.92 Å². The summed E-state index contributed by atoms with van der Waals surface area (Å²) in [5, 5.41) is 23.0. The summed E-state index contributed by atoms with van der Waals surface area (Å²) in [4.78, 5) is 37.3. The highest BCUT2D eigenvalue weighted by Gasteiger charge is 2.68. The van der Waals surface area contributed by atoms with Crippen molar-refractivity contribution in [2.24, 2.45) is 34.0 Å². The van der Waals surface area contributed by atoms with Gasteiger partial charge in [-0.05, 0) is 76.9 Å². The third-order valence-corrected chi connectivity index (χ3v) is 9.06. The zero-order valence-electron chi connectivity index (χ0n) is 19.8. The second-order valence-electron chi connectivity index (χ2n) is 11.9. The average Bonchev–Trinajstić information content (AvgIpc) is 2.97. The number of hydrogen-bond acceptors (Lipinski definition) is 6. The first kappa shape index (κ1) is 23.4. The van der Waals surface area contributed by atoms with Gasteiger partial charge < -0.3 is 14.9 Å². The van der Waals surface area contributed by atoms with Crippen LogP contribution in [0.3, 0.4) is 0 Å². The van der Waals surface area contributed by atoms with Gasteiger partial charge in [0.05, 0.1) is 11.5 Å². The van der Waals surface area contributed by atoms with Gasteiger partial charge in [0, 0.05) is 16.7 Å². The van der Waals surface area contributed by atoms with Crippen LogP contribution in [-0.4, -0.2) is 46.1 Å². The Morgan fingerprint density at radius 2 is 1.91 bits per heavy atom. The van der Waals surface area contributed by atoms with Gasteiger partial charge in [-0.3, -0.25) is 14.4 Å². The number of Topliss-reactive ketones (excluding diaryl/α,β-unsaturated/α-hetero) is 1. The minimum absolute atomic E-state index is 0.00305. The number of esters is 1. The molecule has 3 saturated carbocycles. The van der Waals surface area contributed by atoms with Crippen LogP contribution < -0.4 is 0 Å². The van der Waals surface area contributed by atoms with Crippen LogP contribution in [0.2, 0.25) is 0 Å². The third-order valence-electron chi connectivity index (χ3n) is 9.06. The van der Waals surface area contributed by atoms with Crippen LogP contribution in [0.15, 0.2) is 23.8 Å². The molecule has 0 amide bonds. The second kappa shape index (κ2) is 7.36. The van der Waals surface area contributed by atoms with Crippen molar-refractivity contribution in [3.63, 3.8) is 0 Å². The summed E-state index contributed by atoms with van der Waals surface area (Å²) < 4.78 is 5.24. The van der Waals surface area contributed by atoms with Crippen LogP contribution in [0.4, 0.5) is 0 Å². The molecule has 0 aromatic carbocycles. The van der Waals surface area contributed by atoms with E-state index in [0.29, 0.717) is 19.3 Å². The number of ether oxygens (including phenoxy) is 1. The minimum atomic E-state index is -1.63. The highest BCUT2D eigenvalue weighted by atomic mass is 16.5. The molecule has 0 aliphatic heterocycles. The quantitative estimate of drug-likeness (QED) is 0.649. The smallest absolute Gasteiger partial charge is 0.311 e. The first-order chi connectivity index (χ1) is 14.7. The van der Waals surface area contributed by atoms with Gasteiger partial charge >= 0.3 is 5.97 Å². The maximum atomic E-state index is 13.2. The molecule has 6 heteroatoms. The van der Waals surface area contributed by atoms with E-state index < -0.39 is 40.9 Å². The van der Waals surface area contributed by atoms with E-state index in [-0.39, 0.29) is 29.0 Å². The molecule has 0 aromatic rings. The van der Waals surface area contributed by atoms with Crippen LogP contribution in [0.5, 0.6) is 0 Å². The molecular formula is C26H36O6. The van der Waals surface area contributed by atoms with Crippen molar-refractivity contribution in [3.8, 4) is 0 Å². The van der Waals surface area contributed by atoms with E-state index in [1.807, 2.05) is 13.0 Å². The fourth-order valence-corrected chi connectivity index (χ4v) is 7.26. The van der Waals surface area contributed by atoms with E-state index >= 15 is 0 Å². The maximum absolute atomic E-state index is 13.2. The molecule has 2 N–H and O–H groups in total. The minimum Gasteiger partial charge on any atom is -0.457 e. The lowest BCUT2D eigenvalue weighted by Crippen LogP contribution is -2.61. The van der Waals surface area contributed by atoms with Crippen molar-refractivity contribution in [2.45, 2.75) is 78.4 Å². The molecule has 4 aliphatic rings. The molecule has 0 saturated heterocycles. The van der Waals surface area contributed by atoms with Gasteiger partial charge in [-0.1, -0.05) is 25.5 Å². The molecule has 32 heavy (non-hydrogen) atoms. The lowest BCUT2D eigenvalue weighted by molar-refractivity contribution is -0.182.